The Balaban J connectivity index is 1.94. The number of fused-ring (bicyclic) bond motifs is 5. The second-order valence-corrected chi connectivity index (χ2v) is 9.65. The van der Waals surface area contributed by atoms with E-state index in [-0.39, 0.29) is 30.1 Å². The van der Waals surface area contributed by atoms with Gasteiger partial charge in [0.2, 0.25) is 23.6 Å². The van der Waals surface area contributed by atoms with Crippen LogP contribution in [0.3, 0.4) is 0 Å². The summed E-state index contributed by atoms with van der Waals surface area (Å²) in [7, 11) is 1.22. The number of ether oxygens (including phenoxy) is 3. The van der Waals surface area contributed by atoms with Crippen LogP contribution in [-0.4, -0.2) is 89.4 Å². The Morgan fingerprint density at radius 3 is 2.42 bits per heavy atom. The van der Waals surface area contributed by atoms with Crippen molar-refractivity contribution in [2.45, 2.75) is 53.0 Å². The molecule has 3 aliphatic heterocycles. The maximum atomic E-state index is 13.6. The van der Waals surface area contributed by atoms with Gasteiger partial charge in [0.25, 0.3) is 0 Å². The van der Waals surface area contributed by atoms with Crippen LogP contribution in [0.1, 0.15) is 47.5 Å². The lowest BCUT2D eigenvalue weighted by molar-refractivity contribution is -0.140. The van der Waals surface area contributed by atoms with Gasteiger partial charge in [0.1, 0.15) is 12.1 Å². The molecule has 3 heterocycles. The number of nitrogens with zero attached hydrogens (tertiary/aromatic N) is 4. The molecule has 0 radical (unpaired) electrons. The SMILES string of the molecule is CCC1=C(OC(=O)N(CC)CC)N2C(=O)OC(=NCC(=O)OC)[C@]2(C)[C@H]2C1=CC[C@H]1C(=O)N(CC)C(=O)[C@H]12. The normalized spacial score (nSPS) is 29.1. The van der Waals surface area contributed by atoms with Crippen molar-refractivity contribution in [1.29, 1.82) is 0 Å². The van der Waals surface area contributed by atoms with Crippen LogP contribution in [0.5, 0.6) is 0 Å². The minimum Gasteiger partial charge on any atom is -0.468 e. The molecule has 4 atom stereocenters. The van der Waals surface area contributed by atoms with Crippen LogP contribution in [0.25, 0.3) is 0 Å². The summed E-state index contributed by atoms with van der Waals surface area (Å²) in [6, 6.07) is 0. The van der Waals surface area contributed by atoms with Gasteiger partial charge in [-0.2, -0.15) is 0 Å². The number of imide groups is 1. The average molecular weight is 531 g/mol. The van der Waals surface area contributed by atoms with Crippen LogP contribution in [0.15, 0.2) is 28.1 Å². The van der Waals surface area contributed by atoms with Gasteiger partial charge in [-0.1, -0.05) is 13.0 Å². The molecular weight excluding hydrogens is 496 g/mol. The van der Waals surface area contributed by atoms with Gasteiger partial charge in [-0.25, -0.2) is 19.5 Å². The molecule has 0 unspecified atom stereocenters. The van der Waals surface area contributed by atoms with Crippen LogP contribution in [-0.2, 0) is 28.6 Å². The molecule has 206 valence electrons. The maximum Gasteiger partial charge on any atom is 0.424 e. The van der Waals surface area contributed by atoms with E-state index in [0.717, 1.165) is 0 Å². The van der Waals surface area contributed by atoms with Crippen LogP contribution in [0, 0.1) is 17.8 Å². The number of rotatable bonds is 7. The van der Waals surface area contributed by atoms with E-state index in [2.05, 4.69) is 4.99 Å². The van der Waals surface area contributed by atoms with E-state index in [1.54, 1.807) is 13.8 Å². The molecular formula is C26H34N4O8. The van der Waals surface area contributed by atoms with Gasteiger partial charge in [0, 0.05) is 31.1 Å². The van der Waals surface area contributed by atoms with Crippen molar-refractivity contribution in [2.24, 2.45) is 22.7 Å². The van der Waals surface area contributed by atoms with E-state index in [9.17, 15) is 24.0 Å². The number of allylic oxidation sites excluding steroid dienone is 2. The number of hydrogen-bond acceptors (Lipinski definition) is 9. The van der Waals surface area contributed by atoms with Gasteiger partial charge in [-0.3, -0.25) is 19.3 Å². The Morgan fingerprint density at radius 1 is 1.16 bits per heavy atom. The van der Waals surface area contributed by atoms with Crippen LogP contribution in [0.2, 0.25) is 0 Å². The standard InChI is InChI=1S/C26H34N4O8/c1-7-14-15-11-12-16-18(21(33)29(10-4)20(16)32)19(15)26(5)23(27-13-17(31)36-6)38-25(35)30(26)22(14)37-24(34)28(8-2)9-3/h11,16,18-19H,7-10,12-13H2,1-6H3/t16-,18-,19+,26+/m1/s1. The summed E-state index contributed by atoms with van der Waals surface area (Å²) < 4.78 is 16.2. The predicted molar refractivity (Wildman–Crippen MR) is 133 cm³/mol. The van der Waals surface area contributed by atoms with E-state index < -0.39 is 48.0 Å². The second kappa shape index (κ2) is 10.2. The molecule has 0 spiro atoms. The van der Waals surface area contributed by atoms with Crippen LogP contribution in [0.4, 0.5) is 9.59 Å². The molecule has 0 aromatic carbocycles. The van der Waals surface area contributed by atoms with E-state index in [1.165, 1.54) is 21.8 Å². The molecule has 0 N–H and O–H groups in total. The Morgan fingerprint density at radius 2 is 1.84 bits per heavy atom. The van der Waals surface area contributed by atoms with Gasteiger partial charge in [0.15, 0.2) is 0 Å². The summed E-state index contributed by atoms with van der Waals surface area (Å²) >= 11 is 0. The lowest BCUT2D eigenvalue weighted by Gasteiger charge is -2.49. The third-order valence-corrected chi connectivity index (χ3v) is 7.99. The van der Waals surface area contributed by atoms with Gasteiger partial charge in [-0.05, 0) is 46.1 Å². The van der Waals surface area contributed by atoms with E-state index in [0.29, 0.717) is 37.1 Å². The molecule has 38 heavy (non-hydrogen) atoms. The Labute approximate surface area is 221 Å². The average Bonchev–Trinajstić information content (AvgIpc) is 3.31. The molecule has 4 amide bonds. The number of carbonyl (C=O) groups is 5. The first-order valence-corrected chi connectivity index (χ1v) is 13.0. The molecule has 1 aliphatic carbocycles. The highest BCUT2D eigenvalue weighted by atomic mass is 16.6. The predicted octanol–water partition coefficient (Wildman–Crippen LogP) is 2.45. The molecule has 4 rings (SSSR count). The minimum absolute atomic E-state index is 0.00485. The first kappa shape index (κ1) is 27.3. The van der Waals surface area contributed by atoms with Gasteiger partial charge >= 0.3 is 18.2 Å². The molecule has 2 saturated heterocycles. The van der Waals surface area contributed by atoms with Crippen LogP contribution < -0.4 is 0 Å². The lowest BCUT2D eigenvalue weighted by Crippen LogP contribution is -2.60. The highest BCUT2D eigenvalue weighted by Crippen LogP contribution is 2.56. The van der Waals surface area contributed by atoms with Gasteiger partial charge in [0.05, 0.1) is 18.9 Å². The summed E-state index contributed by atoms with van der Waals surface area (Å²) in [5, 5.41) is 0. The highest BCUT2D eigenvalue weighted by Gasteiger charge is 2.68. The van der Waals surface area contributed by atoms with Crippen molar-refractivity contribution in [3.63, 3.8) is 0 Å². The number of aliphatic imine (C=N–C) groups is 1. The number of carbonyl (C=O) groups excluding carboxylic acids is 5. The van der Waals surface area contributed by atoms with Crippen molar-refractivity contribution < 1.29 is 38.2 Å². The highest BCUT2D eigenvalue weighted by molar-refractivity contribution is 6.09. The fraction of sp³-hybridized carbons (Fsp3) is 0.615. The van der Waals surface area contributed by atoms with Gasteiger partial charge < -0.3 is 19.1 Å². The number of esters is 1. The van der Waals surface area contributed by atoms with Crippen molar-refractivity contribution in [2.75, 3.05) is 33.3 Å². The molecule has 0 saturated carbocycles. The first-order chi connectivity index (χ1) is 18.1. The van der Waals surface area contributed by atoms with E-state index in [4.69, 9.17) is 14.2 Å². The largest absolute Gasteiger partial charge is 0.468 e. The molecule has 12 nitrogen and oxygen atoms in total. The fourth-order valence-corrected chi connectivity index (χ4v) is 6.11. The summed E-state index contributed by atoms with van der Waals surface area (Å²) in [4.78, 5) is 73.4. The summed E-state index contributed by atoms with van der Waals surface area (Å²) in [6.07, 6.45) is 1.12. The topological polar surface area (TPSA) is 135 Å². The van der Waals surface area contributed by atoms with Crippen molar-refractivity contribution >= 4 is 35.9 Å². The quantitative estimate of drug-likeness (QED) is 0.278. The number of likely N-dealkylation sites (tertiary alicyclic amines) is 1. The molecule has 2 fully saturated rings. The number of cyclic esters (lactones) is 1. The number of hydrogen-bond donors (Lipinski definition) is 0. The molecule has 4 aliphatic rings. The van der Waals surface area contributed by atoms with Crippen molar-refractivity contribution in [3.05, 3.63) is 23.1 Å². The summed E-state index contributed by atoms with van der Waals surface area (Å²) in [6.45, 7) is 9.50. The van der Waals surface area contributed by atoms with Crippen LogP contribution >= 0.6 is 0 Å². The zero-order valence-corrected chi connectivity index (χ0v) is 22.6. The smallest absolute Gasteiger partial charge is 0.424 e. The lowest BCUT2D eigenvalue weighted by atomic mass is 9.61. The van der Waals surface area contributed by atoms with E-state index in [1.807, 2.05) is 26.8 Å². The van der Waals surface area contributed by atoms with Crippen molar-refractivity contribution in [1.82, 2.24) is 14.7 Å². The summed E-state index contributed by atoms with van der Waals surface area (Å²) in [5.74, 6) is -3.44. The zero-order valence-electron chi connectivity index (χ0n) is 22.6. The monoisotopic (exact) mass is 530 g/mol. The number of amides is 4. The Kier molecular flexibility index (Phi) is 7.35. The Hall–Kier alpha value is -3.70. The molecule has 0 aromatic rings. The zero-order chi connectivity index (χ0) is 27.9. The Bertz CT molecular complexity index is 1170. The minimum atomic E-state index is -1.45. The van der Waals surface area contributed by atoms with Gasteiger partial charge in [-0.15, -0.1) is 0 Å². The number of methoxy groups -OCH3 is 1. The summed E-state index contributed by atoms with van der Waals surface area (Å²) in [5.41, 5.74) is -0.164. The fourth-order valence-electron chi connectivity index (χ4n) is 6.11. The van der Waals surface area contributed by atoms with E-state index >= 15 is 0 Å². The van der Waals surface area contributed by atoms with Crippen molar-refractivity contribution in [3.8, 4) is 0 Å². The maximum absolute atomic E-state index is 13.6. The third kappa shape index (κ3) is 3.88. The second-order valence-electron chi connectivity index (χ2n) is 9.65. The third-order valence-electron chi connectivity index (χ3n) is 7.99. The molecule has 0 aromatic heterocycles. The molecule has 12 heteroatoms. The first-order valence-electron chi connectivity index (χ1n) is 13.0. The molecule has 0 bridgehead atoms.